The molecule has 3 rings (SSSR count). The van der Waals surface area contributed by atoms with Gasteiger partial charge in [-0.05, 0) is 36.5 Å². The first-order valence-corrected chi connectivity index (χ1v) is 5.92. The Hall–Kier alpha value is -1.10. The molecule has 1 unspecified atom stereocenters. The molecule has 3 N–H and O–H groups in total. The molecule has 1 aliphatic heterocycles. The van der Waals surface area contributed by atoms with E-state index in [4.69, 9.17) is 4.74 Å². The molecular weight excluding hydrogens is 202 g/mol. The second-order valence-electron chi connectivity index (χ2n) is 4.45. The van der Waals surface area contributed by atoms with E-state index >= 15 is 0 Å². The van der Waals surface area contributed by atoms with Gasteiger partial charge in [0.2, 0.25) is 0 Å². The van der Waals surface area contributed by atoms with Gasteiger partial charge in [0.05, 0.1) is 6.54 Å². The highest BCUT2D eigenvalue weighted by Gasteiger charge is 2.19. The average Bonchev–Trinajstić information content (AvgIpc) is 2.71. The van der Waals surface area contributed by atoms with Crippen LogP contribution in [0, 0.1) is 0 Å². The summed E-state index contributed by atoms with van der Waals surface area (Å²) in [5.74, 6) is 1.72. The largest absolute Gasteiger partial charge is 0.473 e. The van der Waals surface area contributed by atoms with Gasteiger partial charge < -0.3 is 4.74 Å². The minimum absolute atomic E-state index is 0.00885. The Morgan fingerprint density at radius 3 is 2.50 bits per heavy atom. The van der Waals surface area contributed by atoms with Gasteiger partial charge in [0.1, 0.15) is 5.75 Å². The van der Waals surface area contributed by atoms with E-state index in [9.17, 15) is 0 Å². The molecule has 4 heteroatoms. The van der Waals surface area contributed by atoms with Gasteiger partial charge >= 0.3 is 0 Å². The van der Waals surface area contributed by atoms with E-state index in [1.165, 1.54) is 24.8 Å². The summed E-state index contributed by atoms with van der Waals surface area (Å²) in [5, 5.41) is 0. The van der Waals surface area contributed by atoms with E-state index in [0.717, 1.165) is 18.2 Å². The Morgan fingerprint density at radius 1 is 1.12 bits per heavy atom. The second-order valence-corrected chi connectivity index (χ2v) is 4.45. The highest BCUT2D eigenvalue weighted by molar-refractivity contribution is 5.30. The van der Waals surface area contributed by atoms with Crippen molar-refractivity contribution in [1.82, 2.24) is 16.4 Å². The van der Waals surface area contributed by atoms with Crippen molar-refractivity contribution in [3.05, 3.63) is 29.8 Å². The zero-order valence-corrected chi connectivity index (χ0v) is 9.20. The fourth-order valence-corrected chi connectivity index (χ4v) is 2.12. The van der Waals surface area contributed by atoms with Gasteiger partial charge in [-0.15, -0.1) is 0 Å². The Balaban J connectivity index is 1.62. The van der Waals surface area contributed by atoms with Crippen molar-refractivity contribution in [2.75, 3.05) is 6.54 Å². The topological polar surface area (TPSA) is 45.3 Å². The molecule has 1 saturated heterocycles. The lowest BCUT2D eigenvalue weighted by Gasteiger charge is -2.25. The molecular formula is C12H17N3O. The molecule has 4 nitrogen and oxygen atoms in total. The van der Waals surface area contributed by atoms with Gasteiger partial charge in [0.25, 0.3) is 0 Å². The second kappa shape index (κ2) is 4.41. The molecule has 1 aliphatic carbocycles. The lowest BCUT2D eigenvalue weighted by atomic mass is 9.80. The third-order valence-corrected chi connectivity index (χ3v) is 3.34. The molecule has 0 radical (unpaired) electrons. The summed E-state index contributed by atoms with van der Waals surface area (Å²) in [6.07, 6.45) is 4.08. The van der Waals surface area contributed by atoms with Crippen LogP contribution >= 0.6 is 0 Å². The van der Waals surface area contributed by atoms with Gasteiger partial charge in [-0.3, -0.25) is 0 Å². The van der Waals surface area contributed by atoms with Crippen LogP contribution in [0.1, 0.15) is 30.7 Å². The summed E-state index contributed by atoms with van der Waals surface area (Å²) in [6, 6.07) is 8.51. The molecule has 0 spiro atoms. The summed E-state index contributed by atoms with van der Waals surface area (Å²) in [5.41, 5.74) is 10.2. The summed E-state index contributed by atoms with van der Waals surface area (Å²) < 4.78 is 5.73. The van der Waals surface area contributed by atoms with E-state index in [2.05, 4.69) is 40.7 Å². The fraction of sp³-hybridized carbons (Fsp3) is 0.500. The molecule has 0 amide bonds. The van der Waals surface area contributed by atoms with Crippen molar-refractivity contribution < 1.29 is 4.74 Å². The molecule has 1 aromatic carbocycles. The molecule has 1 saturated carbocycles. The lowest BCUT2D eigenvalue weighted by molar-refractivity contribution is 0.191. The molecule has 86 valence electrons. The third kappa shape index (κ3) is 2.04. The first-order valence-electron chi connectivity index (χ1n) is 5.92. The predicted molar refractivity (Wildman–Crippen MR) is 61.7 cm³/mol. The molecule has 1 atom stereocenters. The molecule has 0 aromatic heterocycles. The first kappa shape index (κ1) is 10.1. The minimum atomic E-state index is 0.00885. The van der Waals surface area contributed by atoms with Crippen molar-refractivity contribution in [2.45, 2.75) is 31.4 Å². The van der Waals surface area contributed by atoms with Crippen molar-refractivity contribution >= 4 is 0 Å². The van der Waals surface area contributed by atoms with Crippen molar-refractivity contribution in [1.29, 1.82) is 0 Å². The Morgan fingerprint density at radius 2 is 1.94 bits per heavy atom. The Labute approximate surface area is 95.3 Å². The summed E-state index contributed by atoms with van der Waals surface area (Å²) >= 11 is 0. The monoisotopic (exact) mass is 219 g/mol. The van der Waals surface area contributed by atoms with Crippen LogP contribution in [0.5, 0.6) is 5.75 Å². The Kier molecular flexibility index (Phi) is 2.78. The fourth-order valence-electron chi connectivity index (χ4n) is 2.12. The van der Waals surface area contributed by atoms with Crippen LogP contribution in [-0.4, -0.2) is 12.8 Å². The zero-order chi connectivity index (χ0) is 10.8. The third-order valence-electron chi connectivity index (χ3n) is 3.34. The maximum atomic E-state index is 5.73. The molecule has 2 fully saturated rings. The number of hydrogen-bond donors (Lipinski definition) is 3. The van der Waals surface area contributed by atoms with Gasteiger partial charge in [0, 0.05) is 0 Å². The van der Waals surface area contributed by atoms with Gasteiger partial charge in [0.15, 0.2) is 6.23 Å². The smallest absolute Gasteiger partial charge is 0.177 e. The van der Waals surface area contributed by atoms with Crippen LogP contribution in [0.4, 0.5) is 0 Å². The zero-order valence-electron chi connectivity index (χ0n) is 9.20. The summed E-state index contributed by atoms with van der Waals surface area (Å²) in [6.45, 7) is 0.768. The average molecular weight is 219 g/mol. The minimum Gasteiger partial charge on any atom is -0.473 e. The quantitative estimate of drug-likeness (QED) is 0.716. The molecule has 1 heterocycles. The number of rotatable bonds is 3. The van der Waals surface area contributed by atoms with Crippen LogP contribution in [-0.2, 0) is 0 Å². The highest BCUT2D eigenvalue weighted by atomic mass is 16.5. The SMILES string of the molecule is c1cc(C2CCC2)ccc1OC1CNNN1. The van der Waals surface area contributed by atoms with Crippen LogP contribution < -0.4 is 21.1 Å². The van der Waals surface area contributed by atoms with Crippen LogP contribution in [0.25, 0.3) is 0 Å². The van der Waals surface area contributed by atoms with Crippen LogP contribution in [0.15, 0.2) is 24.3 Å². The normalized spacial score (nSPS) is 25.4. The number of benzene rings is 1. The van der Waals surface area contributed by atoms with E-state index in [1.807, 2.05) is 0 Å². The number of nitrogens with one attached hydrogen (secondary N) is 3. The molecule has 0 bridgehead atoms. The highest BCUT2D eigenvalue weighted by Crippen LogP contribution is 2.36. The van der Waals surface area contributed by atoms with E-state index < -0.39 is 0 Å². The standard InChI is InChI=1S/C12H17N3O/c1-2-9(3-1)10-4-6-11(7-5-10)16-12-8-13-15-14-12/h4-7,9,12-15H,1-3,8H2. The Bertz CT molecular complexity index is 342. The predicted octanol–water partition coefficient (Wildman–Crippen LogP) is 1.27. The van der Waals surface area contributed by atoms with Gasteiger partial charge in [-0.1, -0.05) is 18.6 Å². The maximum Gasteiger partial charge on any atom is 0.177 e. The number of ether oxygens (including phenoxy) is 1. The molecule has 1 aromatic rings. The van der Waals surface area contributed by atoms with Crippen molar-refractivity contribution in [2.24, 2.45) is 0 Å². The number of hydrazine groups is 2. The lowest BCUT2D eigenvalue weighted by Crippen LogP contribution is -2.36. The molecule has 16 heavy (non-hydrogen) atoms. The maximum absolute atomic E-state index is 5.73. The van der Waals surface area contributed by atoms with E-state index in [-0.39, 0.29) is 6.23 Å². The first-order chi connectivity index (χ1) is 7.92. The van der Waals surface area contributed by atoms with E-state index in [1.54, 1.807) is 0 Å². The van der Waals surface area contributed by atoms with Gasteiger partial charge in [-0.25, -0.2) is 10.9 Å². The molecule has 2 aliphatic rings. The summed E-state index contributed by atoms with van der Waals surface area (Å²) in [4.78, 5) is 0. The summed E-state index contributed by atoms with van der Waals surface area (Å²) in [7, 11) is 0. The number of hydrogen-bond acceptors (Lipinski definition) is 4. The van der Waals surface area contributed by atoms with Crippen molar-refractivity contribution in [3.63, 3.8) is 0 Å². The van der Waals surface area contributed by atoms with Crippen LogP contribution in [0.3, 0.4) is 0 Å². The van der Waals surface area contributed by atoms with Gasteiger partial charge in [-0.2, -0.15) is 5.53 Å². The van der Waals surface area contributed by atoms with E-state index in [0.29, 0.717) is 0 Å². The van der Waals surface area contributed by atoms with Crippen molar-refractivity contribution in [3.8, 4) is 5.75 Å². The van der Waals surface area contributed by atoms with Crippen LogP contribution in [0.2, 0.25) is 0 Å².